The van der Waals surface area contributed by atoms with Gasteiger partial charge in [0, 0.05) is 54.6 Å². The second kappa shape index (κ2) is 13.9. The molecule has 2 aromatic heterocycles. The fourth-order valence-electron chi connectivity index (χ4n) is 5.34. The molecule has 2 aliphatic carbocycles. The van der Waals surface area contributed by atoms with E-state index in [4.69, 9.17) is 16.3 Å². The van der Waals surface area contributed by atoms with Crippen LogP contribution in [-0.2, 0) is 11.3 Å². The maximum atomic E-state index is 15.5. The topological polar surface area (TPSA) is 106 Å². The number of nitrogens with one attached hydrogen (secondary N) is 2. The van der Waals surface area contributed by atoms with Crippen molar-refractivity contribution in [2.24, 2.45) is 0 Å². The molecule has 46 heavy (non-hydrogen) atoms. The van der Waals surface area contributed by atoms with Gasteiger partial charge in [0.15, 0.2) is 0 Å². The van der Waals surface area contributed by atoms with Crippen LogP contribution in [0.5, 0.6) is 0 Å². The monoisotopic (exact) mass is 659 g/mol. The number of methoxy groups -OCH3 is 1. The number of pyridine rings is 2. The molecule has 3 fully saturated rings. The van der Waals surface area contributed by atoms with Crippen LogP contribution >= 0.6 is 11.6 Å². The summed E-state index contributed by atoms with van der Waals surface area (Å²) in [5, 5.41) is 5.87. The zero-order chi connectivity index (χ0) is 33.2. The fraction of sp³-hybridized carbons (Fsp3) is 0.455. The molecular formula is C33H37ClF3N5O4. The van der Waals surface area contributed by atoms with Crippen molar-refractivity contribution in [3.63, 3.8) is 0 Å². The lowest BCUT2D eigenvalue weighted by atomic mass is 9.96. The van der Waals surface area contributed by atoms with Gasteiger partial charge in [0.05, 0.1) is 25.3 Å². The predicted molar refractivity (Wildman–Crippen MR) is 169 cm³/mol. The maximum absolute atomic E-state index is 15.5. The molecule has 3 aromatic rings. The standard InChI is InChI=1S/C31H31ClF3N5O4.C2H6/c1-44-7-6-36-13-17-8-23(30(43)40(14-17)21-4-5-21)28(41)38-26-10-19(9-25(37-26)18-2-3-18)27-22(11-20(32)12-24(27)33)29(42)39-15-31(34,35)16-39;1-2/h8-12,14,18,21,36H,2-7,13,15-16H2,1H3,(H,37,38,41);1-2H3. The number of rotatable bonds is 11. The number of anilines is 1. The van der Waals surface area contributed by atoms with Crippen LogP contribution in [0.25, 0.3) is 11.1 Å². The number of alkyl halides is 2. The lowest BCUT2D eigenvalue weighted by Crippen LogP contribution is -2.58. The number of hydrogen-bond acceptors (Lipinski definition) is 6. The number of carbonyl (C=O) groups excluding carboxylic acids is 2. The SMILES string of the molecule is CC.COCCNCc1cc(C(=O)Nc2cc(-c3c(F)cc(Cl)cc3C(=O)N3CC(F)(F)C3)cc(C3CC3)n2)c(=O)n(C2CC2)c1. The van der Waals surface area contributed by atoms with E-state index in [9.17, 15) is 23.2 Å². The highest BCUT2D eigenvalue weighted by atomic mass is 35.5. The predicted octanol–water partition coefficient (Wildman–Crippen LogP) is 6.02. The Kier molecular flexibility index (Phi) is 10.2. The van der Waals surface area contributed by atoms with Crippen LogP contribution in [0.2, 0.25) is 5.02 Å². The fourth-order valence-corrected chi connectivity index (χ4v) is 5.55. The molecule has 0 radical (unpaired) electrons. The van der Waals surface area contributed by atoms with Crippen molar-refractivity contribution in [3.05, 3.63) is 80.1 Å². The smallest absolute Gasteiger partial charge is 0.282 e. The summed E-state index contributed by atoms with van der Waals surface area (Å²) in [4.78, 5) is 45.6. The third kappa shape index (κ3) is 7.62. The number of benzene rings is 1. The van der Waals surface area contributed by atoms with Crippen molar-refractivity contribution in [1.29, 1.82) is 0 Å². The molecule has 6 rings (SSSR count). The van der Waals surface area contributed by atoms with Crippen molar-refractivity contribution in [2.75, 3.05) is 38.7 Å². The number of aromatic nitrogens is 2. The lowest BCUT2D eigenvalue weighted by molar-refractivity contribution is -0.113. The minimum atomic E-state index is -3.00. The average molecular weight is 660 g/mol. The summed E-state index contributed by atoms with van der Waals surface area (Å²) in [7, 11) is 1.60. The third-order valence-corrected chi connectivity index (χ3v) is 8.10. The quantitative estimate of drug-likeness (QED) is 0.244. The Hall–Kier alpha value is -3.74. The van der Waals surface area contributed by atoms with Crippen LogP contribution in [0, 0.1) is 5.82 Å². The highest BCUT2D eigenvalue weighted by molar-refractivity contribution is 6.31. The van der Waals surface area contributed by atoms with E-state index in [-0.39, 0.29) is 45.1 Å². The van der Waals surface area contributed by atoms with Gasteiger partial charge in [-0.05, 0) is 67.1 Å². The highest BCUT2D eigenvalue weighted by Gasteiger charge is 2.47. The summed E-state index contributed by atoms with van der Waals surface area (Å²) in [6.07, 6.45) is 5.13. The minimum absolute atomic E-state index is 0.0334. The van der Waals surface area contributed by atoms with Crippen molar-refractivity contribution < 1.29 is 27.5 Å². The molecule has 13 heteroatoms. The second-order valence-corrected chi connectivity index (χ2v) is 12.0. The second-order valence-electron chi connectivity index (χ2n) is 11.6. The minimum Gasteiger partial charge on any atom is -0.383 e. The summed E-state index contributed by atoms with van der Waals surface area (Å²) < 4.78 is 49.3. The van der Waals surface area contributed by atoms with Crippen LogP contribution in [0.1, 0.15) is 83.5 Å². The highest BCUT2D eigenvalue weighted by Crippen LogP contribution is 2.42. The van der Waals surface area contributed by atoms with Crippen LogP contribution in [-0.4, -0.2) is 65.5 Å². The van der Waals surface area contributed by atoms with Gasteiger partial charge in [-0.3, -0.25) is 14.4 Å². The van der Waals surface area contributed by atoms with Gasteiger partial charge in [0.25, 0.3) is 23.3 Å². The van der Waals surface area contributed by atoms with Gasteiger partial charge >= 0.3 is 0 Å². The van der Waals surface area contributed by atoms with E-state index >= 15 is 4.39 Å². The first-order chi connectivity index (χ1) is 22.0. The Bertz CT molecular complexity index is 1680. The molecule has 0 atom stereocenters. The molecule has 0 unspecified atom stereocenters. The molecular weight excluding hydrogens is 623 g/mol. The Balaban J connectivity index is 0.00000204. The van der Waals surface area contributed by atoms with E-state index < -0.39 is 42.2 Å². The van der Waals surface area contributed by atoms with Crippen molar-refractivity contribution in [2.45, 2.75) is 64.0 Å². The Morgan fingerprint density at radius 2 is 1.78 bits per heavy atom. The number of carbonyl (C=O) groups is 2. The Morgan fingerprint density at radius 3 is 2.41 bits per heavy atom. The summed E-state index contributed by atoms with van der Waals surface area (Å²) in [6.45, 7) is 3.97. The third-order valence-electron chi connectivity index (χ3n) is 7.88. The van der Waals surface area contributed by atoms with Gasteiger partial charge in [0.1, 0.15) is 17.2 Å². The number of hydrogen-bond donors (Lipinski definition) is 2. The molecule has 1 aliphatic heterocycles. The van der Waals surface area contributed by atoms with E-state index in [0.717, 1.165) is 42.2 Å². The first kappa shape index (κ1) is 33.6. The van der Waals surface area contributed by atoms with Crippen LogP contribution in [0.3, 0.4) is 0 Å². The van der Waals surface area contributed by atoms with Crippen LogP contribution in [0.4, 0.5) is 19.0 Å². The lowest BCUT2D eigenvalue weighted by Gasteiger charge is -2.39. The molecule has 0 bridgehead atoms. The summed E-state index contributed by atoms with van der Waals surface area (Å²) in [5.74, 6) is -5.14. The molecule has 2 saturated carbocycles. The molecule has 1 saturated heterocycles. The number of halogens is 4. The largest absolute Gasteiger partial charge is 0.383 e. The van der Waals surface area contributed by atoms with Gasteiger partial charge in [-0.2, -0.15) is 0 Å². The van der Waals surface area contributed by atoms with Crippen molar-refractivity contribution >= 4 is 29.2 Å². The van der Waals surface area contributed by atoms with Crippen LogP contribution in [0.15, 0.2) is 41.3 Å². The average Bonchev–Trinajstić information content (AvgIpc) is 3.92. The van der Waals surface area contributed by atoms with Gasteiger partial charge in [0.2, 0.25) is 0 Å². The van der Waals surface area contributed by atoms with E-state index in [1.54, 1.807) is 30.0 Å². The number of amides is 2. The summed E-state index contributed by atoms with van der Waals surface area (Å²) >= 11 is 6.08. The maximum Gasteiger partial charge on any atom is 0.282 e. The summed E-state index contributed by atoms with van der Waals surface area (Å²) in [6, 6.07) is 6.91. The van der Waals surface area contributed by atoms with E-state index in [0.29, 0.717) is 25.4 Å². The van der Waals surface area contributed by atoms with Crippen molar-refractivity contribution in [1.82, 2.24) is 19.8 Å². The molecule has 1 aromatic carbocycles. The molecule has 3 heterocycles. The number of likely N-dealkylation sites (tertiary alicyclic amines) is 1. The van der Waals surface area contributed by atoms with E-state index in [1.807, 2.05) is 13.8 Å². The van der Waals surface area contributed by atoms with E-state index in [1.165, 1.54) is 12.1 Å². The van der Waals surface area contributed by atoms with Crippen molar-refractivity contribution in [3.8, 4) is 11.1 Å². The van der Waals surface area contributed by atoms with Gasteiger partial charge < -0.3 is 24.8 Å². The first-order valence-corrected chi connectivity index (χ1v) is 15.9. The Morgan fingerprint density at radius 1 is 1.07 bits per heavy atom. The van der Waals surface area contributed by atoms with Gasteiger partial charge in [-0.15, -0.1) is 0 Å². The molecule has 3 aliphatic rings. The van der Waals surface area contributed by atoms with Crippen LogP contribution < -0.4 is 16.2 Å². The molecule has 2 amide bonds. The zero-order valence-corrected chi connectivity index (χ0v) is 26.7. The zero-order valence-electron chi connectivity index (χ0n) is 26.0. The molecule has 0 spiro atoms. The summed E-state index contributed by atoms with van der Waals surface area (Å²) in [5.41, 5.74) is 0.774. The molecule has 2 N–H and O–H groups in total. The number of nitrogens with zero attached hydrogens (tertiary/aromatic N) is 3. The first-order valence-electron chi connectivity index (χ1n) is 15.5. The Labute approximate surface area is 270 Å². The van der Waals surface area contributed by atoms with E-state index in [2.05, 4.69) is 15.6 Å². The number of ether oxygens (including phenoxy) is 1. The van der Waals surface area contributed by atoms with Gasteiger partial charge in [-0.25, -0.2) is 18.2 Å². The molecule has 246 valence electrons. The van der Waals surface area contributed by atoms with Gasteiger partial charge in [-0.1, -0.05) is 25.4 Å². The normalized spacial score (nSPS) is 16.7. The molecule has 9 nitrogen and oxygen atoms in total.